The fourth-order valence-electron chi connectivity index (χ4n) is 4.48. The predicted molar refractivity (Wildman–Crippen MR) is 108 cm³/mol. The number of carbonyl (C=O) groups excluding carboxylic acids is 2. The molecule has 0 bridgehead atoms. The lowest BCUT2D eigenvalue weighted by Crippen LogP contribution is -2.50. The van der Waals surface area contributed by atoms with E-state index in [4.69, 9.17) is 4.74 Å². The lowest BCUT2D eigenvalue weighted by Gasteiger charge is -2.38. The van der Waals surface area contributed by atoms with E-state index in [2.05, 4.69) is 27.4 Å². The van der Waals surface area contributed by atoms with Crippen molar-refractivity contribution in [1.82, 2.24) is 20.2 Å². The highest BCUT2D eigenvalue weighted by molar-refractivity contribution is 5.87. The van der Waals surface area contributed by atoms with Gasteiger partial charge in [0.05, 0.1) is 6.33 Å². The number of H-pyrrole nitrogens is 1. The number of para-hydroxylation sites is 1. The largest absolute Gasteiger partial charge is 0.487 e. The summed E-state index contributed by atoms with van der Waals surface area (Å²) in [5.41, 5.74) is 1.90. The minimum absolute atomic E-state index is 0.0388. The van der Waals surface area contributed by atoms with Crippen LogP contribution in [0.15, 0.2) is 36.8 Å². The van der Waals surface area contributed by atoms with Crippen LogP contribution in [0.1, 0.15) is 43.9 Å². The Kier molecular flexibility index (Phi) is 5.56. The number of nitrogens with one attached hydrogen (secondary N) is 2. The van der Waals surface area contributed by atoms with Gasteiger partial charge in [0, 0.05) is 44.7 Å². The summed E-state index contributed by atoms with van der Waals surface area (Å²) in [4.78, 5) is 33.8. The molecule has 1 spiro atoms. The number of hydrogen-bond donors (Lipinski definition) is 2. The normalized spacial score (nSPS) is 22.3. The molecular formula is C22H28N4O3. The first-order chi connectivity index (χ1) is 14.0. The number of imidazole rings is 1. The van der Waals surface area contributed by atoms with Gasteiger partial charge in [-0.25, -0.2) is 4.98 Å². The second-order valence-corrected chi connectivity index (χ2v) is 8.11. The van der Waals surface area contributed by atoms with E-state index in [1.54, 1.807) is 12.5 Å². The maximum Gasteiger partial charge on any atom is 0.245 e. The third-order valence-corrected chi connectivity index (χ3v) is 6.01. The van der Waals surface area contributed by atoms with E-state index >= 15 is 0 Å². The van der Waals surface area contributed by atoms with Crippen LogP contribution < -0.4 is 10.1 Å². The molecule has 4 rings (SSSR count). The minimum Gasteiger partial charge on any atom is -0.487 e. The number of carbonyl (C=O) groups is 2. The molecule has 2 N–H and O–H groups in total. The number of ether oxygens (including phenoxy) is 1. The Balaban J connectivity index is 1.44. The van der Waals surface area contributed by atoms with Crippen LogP contribution in [0.3, 0.4) is 0 Å². The number of aryl methyl sites for hydroxylation is 1. The summed E-state index contributed by atoms with van der Waals surface area (Å²) < 4.78 is 6.46. The summed E-state index contributed by atoms with van der Waals surface area (Å²) in [6.45, 7) is 2.77. The summed E-state index contributed by atoms with van der Waals surface area (Å²) >= 11 is 0. The number of benzene rings is 1. The summed E-state index contributed by atoms with van der Waals surface area (Å²) in [5, 5.41) is 2.81. The van der Waals surface area contributed by atoms with Gasteiger partial charge in [-0.1, -0.05) is 18.2 Å². The minimum atomic E-state index is -0.588. The van der Waals surface area contributed by atoms with E-state index in [-0.39, 0.29) is 17.4 Å². The summed E-state index contributed by atoms with van der Waals surface area (Å²) in [7, 11) is 0. The zero-order valence-corrected chi connectivity index (χ0v) is 16.8. The van der Waals surface area contributed by atoms with Crippen molar-refractivity contribution in [2.24, 2.45) is 0 Å². The van der Waals surface area contributed by atoms with Gasteiger partial charge in [0.1, 0.15) is 17.4 Å². The summed E-state index contributed by atoms with van der Waals surface area (Å²) in [6.07, 6.45) is 8.31. The Labute approximate surface area is 170 Å². The van der Waals surface area contributed by atoms with Crippen LogP contribution in [-0.2, 0) is 22.4 Å². The molecule has 2 aliphatic heterocycles. The standard InChI is InChI=1S/C22H28N4O3/c1-16(27)25-19(13-18-14-23-15-24-18)21(28)26-11-4-8-22(10-12-26)9-7-17-5-2-3-6-20(17)29-22/h2-3,5-6,14-15,19H,4,7-13H2,1H3,(H,23,24)(H,25,27)/t19-,22+/m1/s1. The monoisotopic (exact) mass is 396 g/mol. The third kappa shape index (κ3) is 4.44. The second-order valence-electron chi connectivity index (χ2n) is 8.11. The molecule has 1 aromatic carbocycles. The van der Waals surface area contributed by atoms with Crippen molar-refractivity contribution in [2.45, 2.75) is 57.1 Å². The Hall–Kier alpha value is -2.83. The average Bonchev–Trinajstić information content (AvgIpc) is 3.14. The molecule has 2 amide bonds. The zero-order valence-electron chi connectivity index (χ0n) is 16.8. The van der Waals surface area contributed by atoms with Gasteiger partial charge in [-0.05, 0) is 37.3 Å². The van der Waals surface area contributed by atoms with Crippen molar-refractivity contribution in [3.05, 3.63) is 48.0 Å². The third-order valence-electron chi connectivity index (χ3n) is 6.01. The fraction of sp³-hybridized carbons (Fsp3) is 0.500. The van der Waals surface area contributed by atoms with E-state index in [0.29, 0.717) is 19.5 Å². The van der Waals surface area contributed by atoms with Gasteiger partial charge in [0.25, 0.3) is 0 Å². The van der Waals surface area contributed by atoms with Crippen LogP contribution in [0, 0.1) is 0 Å². The fourth-order valence-corrected chi connectivity index (χ4v) is 4.48. The summed E-state index contributed by atoms with van der Waals surface area (Å²) in [5.74, 6) is 0.735. The number of aromatic nitrogens is 2. The first-order valence-electron chi connectivity index (χ1n) is 10.3. The van der Waals surface area contributed by atoms with E-state index < -0.39 is 6.04 Å². The number of likely N-dealkylation sites (tertiary alicyclic amines) is 1. The van der Waals surface area contributed by atoms with Crippen molar-refractivity contribution >= 4 is 11.8 Å². The number of aromatic amines is 1. The summed E-state index contributed by atoms with van der Waals surface area (Å²) in [6, 6.07) is 7.65. The highest BCUT2D eigenvalue weighted by atomic mass is 16.5. The molecule has 0 saturated carbocycles. The van der Waals surface area contributed by atoms with Gasteiger partial charge in [-0.3, -0.25) is 9.59 Å². The smallest absolute Gasteiger partial charge is 0.245 e. The zero-order chi connectivity index (χ0) is 20.3. The first-order valence-corrected chi connectivity index (χ1v) is 10.3. The predicted octanol–water partition coefficient (Wildman–Crippen LogP) is 2.23. The van der Waals surface area contributed by atoms with Gasteiger partial charge in [-0.2, -0.15) is 0 Å². The number of hydrogen-bond acceptors (Lipinski definition) is 4. The number of amides is 2. The lowest BCUT2D eigenvalue weighted by atomic mass is 9.85. The van der Waals surface area contributed by atoms with Crippen molar-refractivity contribution < 1.29 is 14.3 Å². The molecule has 0 unspecified atom stereocenters. The van der Waals surface area contributed by atoms with Gasteiger partial charge in [0.2, 0.25) is 11.8 Å². The van der Waals surface area contributed by atoms with E-state index in [9.17, 15) is 9.59 Å². The second kappa shape index (κ2) is 8.27. The van der Waals surface area contributed by atoms with Crippen molar-refractivity contribution in [3.8, 4) is 5.75 Å². The first kappa shape index (κ1) is 19.5. The number of rotatable bonds is 4. The van der Waals surface area contributed by atoms with E-state index in [1.165, 1.54) is 12.5 Å². The Morgan fingerprint density at radius 2 is 2.14 bits per heavy atom. The number of fused-ring (bicyclic) bond motifs is 1. The van der Waals surface area contributed by atoms with Gasteiger partial charge in [-0.15, -0.1) is 0 Å². The molecule has 3 heterocycles. The maximum atomic E-state index is 13.2. The van der Waals surface area contributed by atoms with Gasteiger partial charge < -0.3 is 19.9 Å². The average molecular weight is 396 g/mol. The topological polar surface area (TPSA) is 87.3 Å². The van der Waals surface area contributed by atoms with Gasteiger partial charge >= 0.3 is 0 Å². The van der Waals surface area contributed by atoms with Crippen LogP contribution in [-0.4, -0.2) is 51.4 Å². The molecule has 2 aromatic rings. The van der Waals surface area contributed by atoms with Gasteiger partial charge in [0.15, 0.2) is 0 Å². The number of nitrogens with zero attached hydrogens (tertiary/aromatic N) is 2. The van der Waals surface area contributed by atoms with E-state index in [1.807, 2.05) is 17.0 Å². The Morgan fingerprint density at radius 3 is 2.93 bits per heavy atom. The van der Waals surface area contributed by atoms with Crippen molar-refractivity contribution in [3.63, 3.8) is 0 Å². The molecule has 2 atom stereocenters. The van der Waals surface area contributed by atoms with Crippen LogP contribution in [0.25, 0.3) is 0 Å². The quantitative estimate of drug-likeness (QED) is 0.830. The molecule has 7 nitrogen and oxygen atoms in total. The molecule has 1 aromatic heterocycles. The Morgan fingerprint density at radius 1 is 1.28 bits per heavy atom. The molecule has 0 aliphatic carbocycles. The molecule has 0 radical (unpaired) electrons. The molecule has 7 heteroatoms. The molecule has 154 valence electrons. The highest BCUT2D eigenvalue weighted by Crippen LogP contribution is 2.39. The molecule has 2 aliphatic rings. The molecule has 1 fully saturated rings. The molecule has 29 heavy (non-hydrogen) atoms. The van der Waals surface area contributed by atoms with Crippen LogP contribution in [0.5, 0.6) is 5.75 Å². The van der Waals surface area contributed by atoms with E-state index in [0.717, 1.165) is 43.5 Å². The Bertz CT molecular complexity index is 867. The van der Waals surface area contributed by atoms with Crippen LogP contribution in [0.2, 0.25) is 0 Å². The van der Waals surface area contributed by atoms with Crippen LogP contribution in [0.4, 0.5) is 0 Å². The van der Waals surface area contributed by atoms with Crippen molar-refractivity contribution in [2.75, 3.05) is 13.1 Å². The SMILES string of the molecule is CC(=O)N[C@H](Cc1cnc[nH]1)C(=O)N1CCC[C@]2(CCc3ccccc3O2)CC1. The van der Waals surface area contributed by atoms with Crippen LogP contribution >= 0.6 is 0 Å². The van der Waals surface area contributed by atoms with Crippen molar-refractivity contribution in [1.29, 1.82) is 0 Å². The maximum absolute atomic E-state index is 13.2. The lowest BCUT2D eigenvalue weighted by molar-refractivity contribution is -0.136. The highest BCUT2D eigenvalue weighted by Gasteiger charge is 2.39. The molecular weight excluding hydrogens is 368 g/mol. The molecule has 1 saturated heterocycles.